The van der Waals surface area contributed by atoms with Crippen molar-refractivity contribution in [3.05, 3.63) is 71.8 Å². The van der Waals surface area contributed by atoms with E-state index in [9.17, 15) is 9.90 Å². The van der Waals surface area contributed by atoms with Gasteiger partial charge in [-0.3, -0.25) is 4.79 Å². The molecule has 2 aromatic carbocycles. The highest BCUT2D eigenvalue weighted by Gasteiger charge is 2.51. The van der Waals surface area contributed by atoms with Gasteiger partial charge < -0.3 is 15.3 Å². The Morgan fingerprint density at radius 3 is 2.46 bits per heavy atom. The molecule has 2 aliphatic rings. The van der Waals surface area contributed by atoms with Gasteiger partial charge in [-0.1, -0.05) is 53.7 Å². The molecular weight excluding hydrogens is 304 g/mol. The standard InChI is InChI=1S/C19H18N2O3/c22-15-11-14(20-19(23)13-9-5-2-6-10-13)16-17(21-24-18(15)16)12-7-3-1-4-8-12/h1-10,14-16,18,22H,11H2,(H,20,23)/t14-,15+,16+,18+/m0/s1. The van der Waals surface area contributed by atoms with Gasteiger partial charge in [0.15, 0.2) is 6.10 Å². The molecule has 4 rings (SSSR count). The Bertz CT molecular complexity index is 761. The van der Waals surface area contributed by atoms with Gasteiger partial charge in [0, 0.05) is 11.6 Å². The molecule has 1 aliphatic heterocycles. The zero-order chi connectivity index (χ0) is 16.5. The summed E-state index contributed by atoms with van der Waals surface area (Å²) in [7, 11) is 0. The smallest absolute Gasteiger partial charge is 0.251 e. The molecule has 2 aromatic rings. The molecule has 0 radical (unpaired) electrons. The average molecular weight is 322 g/mol. The van der Waals surface area contributed by atoms with Crippen LogP contribution in [0.5, 0.6) is 0 Å². The van der Waals surface area contributed by atoms with Gasteiger partial charge in [0.1, 0.15) is 0 Å². The van der Waals surface area contributed by atoms with Crippen molar-refractivity contribution in [2.75, 3.05) is 0 Å². The number of aliphatic hydroxyl groups is 1. The molecule has 24 heavy (non-hydrogen) atoms. The van der Waals surface area contributed by atoms with Crippen LogP contribution in [0.1, 0.15) is 22.3 Å². The van der Waals surface area contributed by atoms with Crippen LogP contribution in [0.15, 0.2) is 65.8 Å². The number of nitrogens with one attached hydrogen (secondary N) is 1. The second-order valence-electron chi connectivity index (χ2n) is 6.19. The molecule has 0 spiro atoms. The van der Waals surface area contributed by atoms with Crippen LogP contribution in [0.4, 0.5) is 0 Å². The van der Waals surface area contributed by atoms with Crippen LogP contribution >= 0.6 is 0 Å². The number of carbonyl (C=O) groups is 1. The van der Waals surface area contributed by atoms with E-state index < -0.39 is 12.2 Å². The molecule has 1 heterocycles. The highest BCUT2D eigenvalue weighted by Crippen LogP contribution is 2.37. The summed E-state index contributed by atoms with van der Waals surface area (Å²) in [5, 5.41) is 17.5. The molecule has 0 saturated heterocycles. The molecule has 5 heteroatoms. The average Bonchev–Trinajstić information content (AvgIpc) is 3.19. The van der Waals surface area contributed by atoms with Crippen LogP contribution in [-0.2, 0) is 4.84 Å². The number of fused-ring (bicyclic) bond motifs is 1. The van der Waals surface area contributed by atoms with Crippen LogP contribution in [0.2, 0.25) is 0 Å². The van der Waals surface area contributed by atoms with Crippen molar-refractivity contribution in [1.82, 2.24) is 5.32 Å². The van der Waals surface area contributed by atoms with Crippen LogP contribution in [-0.4, -0.2) is 35.0 Å². The lowest BCUT2D eigenvalue weighted by Crippen LogP contribution is -2.41. The highest BCUT2D eigenvalue weighted by molar-refractivity contribution is 6.04. The van der Waals surface area contributed by atoms with E-state index in [1.807, 2.05) is 48.5 Å². The van der Waals surface area contributed by atoms with E-state index in [0.29, 0.717) is 12.0 Å². The number of benzene rings is 2. The van der Waals surface area contributed by atoms with Gasteiger partial charge in [-0.05, 0) is 24.1 Å². The first-order valence-corrected chi connectivity index (χ1v) is 8.07. The van der Waals surface area contributed by atoms with Crippen LogP contribution in [0, 0.1) is 5.92 Å². The zero-order valence-corrected chi connectivity index (χ0v) is 13.0. The third-order valence-corrected chi connectivity index (χ3v) is 4.67. The van der Waals surface area contributed by atoms with Crippen molar-refractivity contribution < 1.29 is 14.7 Å². The van der Waals surface area contributed by atoms with E-state index in [-0.39, 0.29) is 17.9 Å². The van der Waals surface area contributed by atoms with Crippen molar-refractivity contribution in [3.8, 4) is 0 Å². The van der Waals surface area contributed by atoms with Gasteiger partial charge in [0.25, 0.3) is 5.91 Å². The minimum Gasteiger partial charge on any atom is -0.389 e. The molecule has 1 fully saturated rings. The molecule has 0 unspecified atom stereocenters. The van der Waals surface area contributed by atoms with Crippen molar-refractivity contribution in [2.24, 2.45) is 11.1 Å². The van der Waals surface area contributed by atoms with Crippen LogP contribution in [0.25, 0.3) is 0 Å². The van der Waals surface area contributed by atoms with Crippen molar-refractivity contribution in [2.45, 2.75) is 24.7 Å². The lowest BCUT2D eigenvalue weighted by Gasteiger charge is -2.20. The number of hydrogen-bond donors (Lipinski definition) is 2. The largest absolute Gasteiger partial charge is 0.389 e. The normalized spacial score (nSPS) is 28.0. The van der Waals surface area contributed by atoms with Crippen LogP contribution in [0.3, 0.4) is 0 Å². The van der Waals surface area contributed by atoms with Gasteiger partial charge in [0.2, 0.25) is 0 Å². The minimum absolute atomic E-state index is 0.143. The van der Waals surface area contributed by atoms with Crippen molar-refractivity contribution >= 4 is 11.6 Å². The highest BCUT2D eigenvalue weighted by atomic mass is 16.7. The topological polar surface area (TPSA) is 70.9 Å². The van der Waals surface area contributed by atoms with E-state index >= 15 is 0 Å². The summed E-state index contributed by atoms with van der Waals surface area (Å²) in [6.45, 7) is 0. The Morgan fingerprint density at radius 2 is 1.75 bits per heavy atom. The predicted molar refractivity (Wildman–Crippen MR) is 89.7 cm³/mol. The van der Waals surface area contributed by atoms with Gasteiger partial charge in [-0.15, -0.1) is 0 Å². The lowest BCUT2D eigenvalue weighted by molar-refractivity contribution is -0.0103. The third kappa shape index (κ3) is 2.57. The molecular formula is C19H18N2O3. The maximum Gasteiger partial charge on any atom is 0.251 e. The number of oxime groups is 1. The summed E-state index contributed by atoms with van der Waals surface area (Å²) < 4.78 is 0. The first-order chi connectivity index (χ1) is 11.7. The van der Waals surface area contributed by atoms with E-state index in [1.165, 1.54) is 0 Å². The van der Waals surface area contributed by atoms with E-state index in [1.54, 1.807) is 12.1 Å². The number of amides is 1. The number of aliphatic hydroxyl groups excluding tert-OH is 1. The summed E-state index contributed by atoms with van der Waals surface area (Å²) in [4.78, 5) is 17.9. The predicted octanol–water partition coefficient (Wildman–Crippen LogP) is 1.97. The molecule has 122 valence electrons. The van der Waals surface area contributed by atoms with Gasteiger partial charge in [0.05, 0.1) is 17.7 Å². The van der Waals surface area contributed by atoms with E-state index in [0.717, 1.165) is 11.3 Å². The summed E-state index contributed by atoms with van der Waals surface area (Å²) in [5.41, 5.74) is 2.35. The van der Waals surface area contributed by atoms with Gasteiger partial charge in [-0.25, -0.2) is 0 Å². The maximum absolute atomic E-state index is 12.5. The maximum atomic E-state index is 12.5. The summed E-state index contributed by atoms with van der Waals surface area (Å²) in [5.74, 6) is -0.289. The summed E-state index contributed by atoms with van der Waals surface area (Å²) >= 11 is 0. The van der Waals surface area contributed by atoms with E-state index in [2.05, 4.69) is 10.5 Å². The Labute approximate surface area is 139 Å². The first-order valence-electron chi connectivity index (χ1n) is 8.07. The molecule has 0 aromatic heterocycles. The summed E-state index contributed by atoms with van der Waals surface area (Å²) in [6, 6.07) is 18.6. The Balaban J connectivity index is 1.57. The Hall–Kier alpha value is -2.66. The quantitative estimate of drug-likeness (QED) is 0.907. The first kappa shape index (κ1) is 14.9. The molecule has 1 saturated carbocycles. The monoisotopic (exact) mass is 322 g/mol. The number of carbonyl (C=O) groups excluding carboxylic acids is 1. The molecule has 5 nitrogen and oxygen atoms in total. The summed E-state index contributed by atoms with van der Waals surface area (Å²) in [6.07, 6.45) is -0.581. The second-order valence-corrected chi connectivity index (χ2v) is 6.19. The SMILES string of the molecule is O=C(N[C@H]1C[C@@H](O)[C@H]2ON=C(c3ccccc3)[C@H]21)c1ccccc1. The molecule has 0 bridgehead atoms. The Morgan fingerprint density at radius 1 is 1.08 bits per heavy atom. The third-order valence-electron chi connectivity index (χ3n) is 4.67. The number of nitrogens with zero attached hydrogens (tertiary/aromatic N) is 1. The number of hydrogen-bond acceptors (Lipinski definition) is 4. The van der Waals surface area contributed by atoms with Gasteiger partial charge >= 0.3 is 0 Å². The van der Waals surface area contributed by atoms with Gasteiger partial charge in [-0.2, -0.15) is 0 Å². The second kappa shape index (κ2) is 6.09. The Kier molecular flexibility index (Phi) is 3.78. The minimum atomic E-state index is -0.638. The molecule has 1 amide bonds. The van der Waals surface area contributed by atoms with E-state index in [4.69, 9.17) is 4.84 Å². The molecule has 4 atom stereocenters. The molecule has 1 aliphatic carbocycles. The fraction of sp³-hybridized carbons (Fsp3) is 0.263. The van der Waals surface area contributed by atoms with Crippen molar-refractivity contribution in [1.29, 1.82) is 0 Å². The lowest BCUT2D eigenvalue weighted by atomic mass is 9.91. The molecule has 2 N–H and O–H groups in total. The fourth-order valence-electron chi connectivity index (χ4n) is 3.51. The van der Waals surface area contributed by atoms with Crippen molar-refractivity contribution in [3.63, 3.8) is 0 Å². The number of rotatable bonds is 3. The fourth-order valence-corrected chi connectivity index (χ4v) is 3.51. The zero-order valence-electron chi connectivity index (χ0n) is 13.0. The van der Waals surface area contributed by atoms with Crippen LogP contribution < -0.4 is 5.32 Å².